The molecule has 1 aromatic heterocycles. The smallest absolute Gasteiger partial charge is 0.101 e. The van der Waals surface area contributed by atoms with E-state index in [2.05, 4.69) is 17.2 Å². The van der Waals surface area contributed by atoms with E-state index < -0.39 is 0 Å². The van der Waals surface area contributed by atoms with Crippen molar-refractivity contribution >= 4 is 22.5 Å². The van der Waals surface area contributed by atoms with Gasteiger partial charge in [0.25, 0.3) is 0 Å². The molecule has 0 aliphatic carbocycles. The topological polar surface area (TPSA) is 41.6 Å². The van der Waals surface area contributed by atoms with Crippen LogP contribution in [0.15, 0.2) is 42.6 Å². The average molecular weight is 268 g/mol. The largest absolute Gasteiger partial charge is 0.237 e. The fourth-order valence-corrected chi connectivity index (χ4v) is 2.36. The molecule has 3 nitrogen and oxygen atoms in total. The second-order valence-electron chi connectivity index (χ2n) is 4.38. The van der Waals surface area contributed by atoms with Crippen LogP contribution < -0.4 is 0 Å². The molecule has 0 radical (unpaired) electrons. The van der Waals surface area contributed by atoms with Gasteiger partial charge in [0.05, 0.1) is 16.1 Å². The summed E-state index contributed by atoms with van der Waals surface area (Å²) in [7, 11) is 0. The Morgan fingerprint density at radius 3 is 2.89 bits per heavy atom. The molecular formula is C15H10ClN3. The summed E-state index contributed by atoms with van der Waals surface area (Å²) in [6, 6.07) is 13.4. The van der Waals surface area contributed by atoms with E-state index in [0.29, 0.717) is 16.3 Å². The van der Waals surface area contributed by atoms with Crippen molar-refractivity contribution in [3.8, 4) is 11.8 Å². The summed E-state index contributed by atoms with van der Waals surface area (Å²) < 4.78 is 1.67. The molecule has 0 atom stereocenters. The van der Waals surface area contributed by atoms with E-state index in [9.17, 15) is 5.26 Å². The molecule has 0 saturated carbocycles. The number of halogens is 1. The number of rotatable bonds is 1. The van der Waals surface area contributed by atoms with E-state index in [0.717, 1.165) is 10.9 Å². The van der Waals surface area contributed by atoms with Gasteiger partial charge in [-0.25, -0.2) is 4.68 Å². The van der Waals surface area contributed by atoms with Crippen LogP contribution in [-0.2, 0) is 0 Å². The summed E-state index contributed by atoms with van der Waals surface area (Å²) >= 11 is 6.19. The molecule has 0 aliphatic heterocycles. The fraction of sp³-hybridized carbons (Fsp3) is 0.0667. The highest BCUT2D eigenvalue weighted by Crippen LogP contribution is 2.25. The van der Waals surface area contributed by atoms with E-state index in [4.69, 9.17) is 11.6 Å². The van der Waals surface area contributed by atoms with Crippen molar-refractivity contribution in [3.63, 3.8) is 0 Å². The monoisotopic (exact) mass is 267 g/mol. The first-order valence-corrected chi connectivity index (χ1v) is 6.22. The molecule has 3 rings (SSSR count). The van der Waals surface area contributed by atoms with E-state index in [1.807, 2.05) is 25.3 Å². The molecule has 0 unspecified atom stereocenters. The summed E-state index contributed by atoms with van der Waals surface area (Å²) in [4.78, 5) is 0. The number of nitriles is 1. The zero-order valence-electron chi connectivity index (χ0n) is 10.3. The Labute approximate surface area is 115 Å². The molecule has 0 spiro atoms. The maximum absolute atomic E-state index is 9.17. The Morgan fingerprint density at radius 1 is 1.26 bits per heavy atom. The Balaban J connectivity index is 2.28. The second kappa shape index (κ2) is 4.42. The molecule has 0 bridgehead atoms. The zero-order valence-corrected chi connectivity index (χ0v) is 11.0. The number of nitrogens with zero attached hydrogens (tertiary/aromatic N) is 3. The number of fused-ring (bicyclic) bond motifs is 1. The van der Waals surface area contributed by atoms with Gasteiger partial charge in [-0.2, -0.15) is 10.4 Å². The van der Waals surface area contributed by atoms with Gasteiger partial charge < -0.3 is 0 Å². The lowest BCUT2D eigenvalue weighted by Gasteiger charge is -2.05. The summed E-state index contributed by atoms with van der Waals surface area (Å²) in [5.41, 5.74) is 3.19. The van der Waals surface area contributed by atoms with E-state index in [-0.39, 0.29) is 0 Å². The number of benzene rings is 2. The normalized spacial score (nSPS) is 10.6. The van der Waals surface area contributed by atoms with Crippen molar-refractivity contribution in [2.24, 2.45) is 0 Å². The molecule has 92 valence electrons. The molecule has 0 amide bonds. The average Bonchev–Trinajstić information content (AvgIpc) is 2.80. The highest BCUT2D eigenvalue weighted by Gasteiger charge is 2.11. The fourth-order valence-electron chi connectivity index (χ4n) is 2.10. The van der Waals surface area contributed by atoms with Crippen molar-refractivity contribution < 1.29 is 0 Å². The number of hydrogen-bond donors (Lipinski definition) is 0. The molecule has 1 heterocycles. The summed E-state index contributed by atoms with van der Waals surface area (Å²) in [5, 5.41) is 15.2. The first-order valence-electron chi connectivity index (χ1n) is 5.84. The van der Waals surface area contributed by atoms with Gasteiger partial charge in [0.1, 0.15) is 11.8 Å². The van der Waals surface area contributed by atoms with Gasteiger partial charge >= 0.3 is 0 Å². The van der Waals surface area contributed by atoms with Crippen LogP contribution in [0, 0.1) is 18.3 Å². The molecule has 4 heteroatoms. The molecule has 2 aromatic carbocycles. The van der Waals surface area contributed by atoms with Gasteiger partial charge in [-0.1, -0.05) is 29.3 Å². The van der Waals surface area contributed by atoms with Crippen LogP contribution >= 0.6 is 11.6 Å². The van der Waals surface area contributed by atoms with Gasteiger partial charge in [0, 0.05) is 11.6 Å². The molecular weight excluding hydrogens is 258 g/mol. The van der Waals surface area contributed by atoms with Gasteiger partial charge in [0.2, 0.25) is 0 Å². The first-order chi connectivity index (χ1) is 9.19. The van der Waals surface area contributed by atoms with Crippen molar-refractivity contribution in [3.05, 3.63) is 58.7 Å². The zero-order chi connectivity index (χ0) is 13.4. The number of aromatic nitrogens is 2. The van der Waals surface area contributed by atoms with E-state index >= 15 is 0 Å². The Bertz CT molecular complexity index is 812. The van der Waals surface area contributed by atoms with E-state index in [1.165, 1.54) is 5.56 Å². The Kier molecular flexibility index (Phi) is 2.73. The lowest BCUT2D eigenvalue weighted by atomic mass is 10.2. The lowest BCUT2D eigenvalue weighted by molar-refractivity contribution is 0.893. The predicted molar refractivity (Wildman–Crippen MR) is 75.5 cm³/mol. The van der Waals surface area contributed by atoms with Crippen LogP contribution in [0.1, 0.15) is 11.1 Å². The third-order valence-electron chi connectivity index (χ3n) is 3.00. The van der Waals surface area contributed by atoms with Crippen molar-refractivity contribution in [1.82, 2.24) is 9.78 Å². The number of aryl methyl sites for hydroxylation is 1. The first kappa shape index (κ1) is 11.8. The third-order valence-corrected chi connectivity index (χ3v) is 3.30. The predicted octanol–water partition coefficient (Wildman–Crippen LogP) is 3.86. The summed E-state index contributed by atoms with van der Waals surface area (Å²) in [6.07, 6.45) is 1.89. The standard InChI is InChI=1S/C15H10ClN3/c1-10-5-6-14-12(7-10)9-19(18-14)15-11(8-17)3-2-4-13(15)16/h2-7,9H,1H3. The Hall–Kier alpha value is -2.31. The summed E-state index contributed by atoms with van der Waals surface area (Å²) in [5.74, 6) is 0. The van der Waals surface area contributed by atoms with Gasteiger partial charge in [-0.15, -0.1) is 0 Å². The van der Waals surface area contributed by atoms with Crippen LogP contribution in [0.4, 0.5) is 0 Å². The van der Waals surface area contributed by atoms with Gasteiger partial charge in [-0.05, 0) is 31.2 Å². The number of hydrogen-bond acceptors (Lipinski definition) is 2. The van der Waals surface area contributed by atoms with Crippen LogP contribution in [0.5, 0.6) is 0 Å². The molecule has 0 fully saturated rings. The summed E-state index contributed by atoms with van der Waals surface area (Å²) in [6.45, 7) is 2.03. The quantitative estimate of drug-likeness (QED) is 0.672. The van der Waals surface area contributed by atoms with Gasteiger partial charge in [0.15, 0.2) is 0 Å². The maximum atomic E-state index is 9.17. The van der Waals surface area contributed by atoms with Crippen molar-refractivity contribution in [2.45, 2.75) is 6.92 Å². The minimum Gasteiger partial charge on any atom is -0.237 e. The maximum Gasteiger partial charge on any atom is 0.101 e. The molecule has 0 aliphatic rings. The highest BCUT2D eigenvalue weighted by molar-refractivity contribution is 6.32. The Morgan fingerprint density at radius 2 is 2.11 bits per heavy atom. The van der Waals surface area contributed by atoms with E-state index in [1.54, 1.807) is 22.9 Å². The molecule has 19 heavy (non-hydrogen) atoms. The molecule has 0 N–H and O–H groups in total. The van der Waals surface area contributed by atoms with Crippen molar-refractivity contribution in [2.75, 3.05) is 0 Å². The molecule has 3 aromatic rings. The van der Waals surface area contributed by atoms with Crippen LogP contribution in [-0.4, -0.2) is 9.78 Å². The van der Waals surface area contributed by atoms with Crippen LogP contribution in [0.3, 0.4) is 0 Å². The SMILES string of the molecule is Cc1ccc2nn(-c3c(Cl)cccc3C#N)cc2c1. The second-order valence-corrected chi connectivity index (χ2v) is 4.79. The third kappa shape index (κ3) is 1.96. The lowest BCUT2D eigenvalue weighted by Crippen LogP contribution is -1.98. The highest BCUT2D eigenvalue weighted by atomic mass is 35.5. The minimum atomic E-state index is 0.511. The van der Waals surface area contributed by atoms with Crippen molar-refractivity contribution in [1.29, 1.82) is 5.26 Å². The molecule has 0 saturated heterocycles. The minimum absolute atomic E-state index is 0.511. The van der Waals surface area contributed by atoms with Gasteiger partial charge in [-0.3, -0.25) is 0 Å². The van der Waals surface area contributed by atoms with Crippen LogP contribution in [0.2, 0.25) is 5.02 Å². The number of para-hydroxylation sites is 1. The van der Waals surface area contributed by atoms with Crippen LogP contribution in [0.25, 0.3) is 16.6 Å².